The van der Waals surface area contributed by atoms with Crippen LogP contribution in [0.3, 0.4) is 0 Å². The van der Waals surface area contributed by atoms with Crippen LogP contribution in [0.4, 0.5) is 14.6 Å². The predicted molar refractivity (Wildman–Crippen MR) is 112 cm³/mol. The highest BCUT2D eigenvalue weighted by Gasteiger charge is 2.51. The summed E-state index contributed by atoms with van der Waals surface area (Å²) < 4.78 is 39.7. The van der Waals surface area contributed by atoms with E-state index in [4.69, 9.17) is 5.41 Å². The van der Waals surface area contributed by atoms with Crippen LogP contribution in [-0.4, -0.2) is 61.2 Å². The second kappa shape index (κ2) is 8.31. The van der Waals surface area contributed by atoms with Crippen LogP contribution >= 0.6 is 0 Å². The Morgan fingerprint density at radius 3 is 2.93 bits per heavy atom. The van der Waals surface area contributed by atoms with Crippen molar-refractivity contribution in [1.82, 2.24) is 24.7 Å². The Bertz CT molecular complexity index is 989. The number of aromatic amines is 1. The molecule has 0 bridgehead atoms. The van der Waals surface area contributed by atoms with Gasteiger partial charge in [-0.3, -0.25) is 5.41 Å². The molecule has 1 aliphatic heterocycles. The molecular formula is C19H23F2N7OS. The summed E-state index contributed by atoms with van der Waals surface area (Å²) in [6.45, 7) is 1.71. The first kappa shape index (κ1) is 20.7. The van der Waals surface area contributed by atoms with E-state index < -0.39 is 23.1 Å². The summed E-state index contributed by atoms with van der Waals surface area (Å²) in [5.74, 6) is 1.60. The fraction of sp³-hybridized carbons (Fsp3) is 0.474. The summed E-state index contributed by atoms with van der Waals surface area (Å²) in [5.41, 5.74) is 0.504. The van der Waals surface area contributed by atoms with Crippen LogP contribution in [0.2, 0.25) is 0 Å². The number of H-pyrrole nitrogens is 1. The van der Waals surface area contributed by atoms with Gasteiger partial charge in [0.15, 0.2) is 0 Å². The van der Waals surface area contributed by atoms with E-state index >= 15 is 0 Å². The fourth-order valence-electron chi connectivity index (χ4n) is 3.89. The third kappa shape index (κ3) is 4.46. The van der Waals surface area contributed by atoms with Gasteiger partial charge < -0.3 is 9.88 Å². The van der Waals surface area contributed by atoms with Crippen LogP contribution in [0.25, 0.3) is 17.5 Å². The molecule has 0 amide bonds. The molecule has 8 nitrogen and oxygen atoms in total. The smallest absolute Gasteiger partial charge is 0.279 e. The highest BCUT2D eigenvalue weighted by molar-refractivity contribution is 7.82. The second-order valence-corrected chi connectivity index (χ2v) is 8.79. The number of hydrogen-bond acceptors (Lipinski definition) is 6. The van der Waals surface area contributed by atoms with Gasteiger partial charge in [-0.1, -0.05) is 0 Å². The van der Waals surface area contributed by atoms with Gasteiger partial charge in [0, 0.05) is 31.0 Å². The first-order valence-electron chi connectivity index (χ1n) is 9.64. The minimum Gasteiger partial charge on any atom is -0.356 e. The molecule has 2 atom stereocenters. The molecule has 4 rings (SSSR count). The lowest BCUT2D eigenvalue weighted by molar-refractivity contribution is 0.226. The lowest BCUT2D eigenvalue weighted by atomic mass is 9.97. The zero-order valence-corrected chi connectivity index (χ0v) is 17.3. The average molecular weight is 436 g/mol. The molecule has 2 aliphatic rings. The van der Waals surface area contributed by atoms with Crippen molar-refractivity contribution in [2.45, 2.75) is 31.2 Å². The molecule has 1 saturated carbocycles. The quantitative estimate of drug-likeness (QED) is 0.552. The van der Waals surface area contributed by atoms with Crippen molar-refractivity contribution in [2.24, 2.45) is 5.92 Å². The molecule has 0 aromatic carbocycles. The highest BCUT2D eigenvalue weighted by Crippen LogP contribution is 2.46. The number of rotatable bonds is 8. The van der Waals surface area contributed by atoms with E-state index in [2.05, 4.69) is 29.6 Å². The minimum absolute atomic E-state index is 0.0131. The van der Waals surface area contributed by atoms with E-state index in [9.17, 15) is 13.0 Å². The topological polar surface area (TPSA) is 111 Å². The summed E-state index contributed by atoms with van der Waals surface area (Å²) >= 11 is 0. The van der Waals surface area contributed by atoms with Crippen LogP contribution in [0.15, 0.2) is 24.7 Å². The molecule has 160 valence electrons. The molecule has 2 unspecified atom stereocenters. The normalized spacial score (nSPS) is 21.5. The summed E-state index contributed by atoms with van der Waals surface area (Å²) in [4.78, 5) is 18.1. The third-order valence-corrected chi connectivity index (χ3v) is 6.30. The van der Waals surface area contributed by atoms with Gasteiger partial charge in [0.1, 0.15) is 18.0 Å². The van der Waals surface area contributed by atoms with Gasteiger partial charge in [-0.2, -0.15) is 0 Å². The number of nitrogens with one attached hydrogen (secondary N) is 3. The van der Waals surface area contributed by atoms with Crippen molar-refractivity contribution in [3.63, 3.8) is 0 Å². The van der Waals surface area contributed by atoms with Crippen molar-refractivity contribution in [3.8, 4) is 11.4 Å². The fourth-order valence-corrected chi connectivity index (χ4v) is 4.84. The van der Waals surface area contributed by atoms with Crippen LogP contribution < -0.4 is 9.62 Å². The Kier molecular flexibility index (Phi) is 5.74. The van der Waals surface area contributed by atoms with E-state index in [1.807, 2.05) is 6.07 Å². The molecule has 0 radical (unpaired) electrons. The van der Waals surface area contributed by atoms with E-state index in [0.29, 0.717) is 23.1 Å². The molecule has 1 saturated heterocycles. The Balaban J connectivity index is 1.45. The second-order valence-electron chi connectivity index (χ2n) is 7.68. The zero-order valence-electron chi connectivity index (χ0n) is 16.4. The molecule has 2 fully saturated rings. The van der Waals surface area contributed by atoms with Crippen molar-refractivity contribution >= 4 is 28.6 Å². The van der Waals surface area contributed by atoms with Crippen LogP contribution in [0.5, 0.6) is 0 Å². The Morgan fingerprint density at radius 1 is 1.43 bits per heavy atom. The summed E-state index contributed by atoms with van der Waals surface area (Å²) in [7, 11) is -1.02. The third-order valence-electron chi connectivity index (χ3n) is 5.61. The van der Waals surface area contributed by atoms with Gasteiger partial charge in [-0.05, 0) is 37.3 Å². The molecular weight excluding hydrogens is 412 g/mol. The van der Waals surface area contributed by atoms with E-state index in [0.717, 1.165) is 44.2 Å². The van der Waals surface area contributed by atoms with Crippen LogP contribution in [0, 0.1) is 11.3 Å². The van der Waals surface area contributed by atoms with Crippen LogP contribution in [0.1, 0.15) is 25.1 Å². The Hall–Kier alpha value is -2.53. The molecule has 2 aromatic heterocycles. The monoisotopic (exact) mass is 435 g/mol. The molecule has 3 N–H and O–H groups in total. The summed E-state index contributed by atoms with van der Waals surface area (Å²) in [6, 6.07) is 1.87. The van der Waals surface area contributed by atoms with E-state index in [-0.39, 0.29) is 5.54 Å². The molecule has 11 heteroatoms. The summed E-state index contributed by atoms with van der Waals surface area (Å²) in [6.07, 6.45) is 7.40. The van der Waals surface area contributed by atoms with Crippen LogP contribution in [-0.2, 0) is 11.0 Å². The highest BCUT2D eigenvalue weighted by atomic mass is 32.2. The maximum absolute atomic E-state index is 12.4. The number of alkyl halides is 2. The number of hydrogen-bond donors (Lipinski definition) is 3. The number of halogens is 2. The minimum atomic E-state index is -2.81. The largest absolute Gasteiger partial charge is 0.356 e. The average Bonchev–Trinajstić information content (AvgIpc) is 3.14. The number of nitrogens with zero attached hydrogens (tertiary/aromatic N) is 4. The molecule has 1 aliphatic carbocycles. The Labute approximate surface area is 175 Å². The van der Waals surface area contributed by atoms with Gasteiger partial charge in [0.25, 0.3) is 6.43 Å². The SMILES string of the molecule is CS(=O)NC1(C2CCN(c3cc(-c4cnc(/C=C\C(=N)C(F)F)[nH]4)ncn3)C2)CC1. The predicted octanol–water partition coefficient (Wildman–Crippen LogP) is 2.41. The van der Waals surface area contributed by atoms with E-state index in [1.54, 1.807) is 12.5 Å². The van der Waals surface area contributed by atoms with Gasteiger partial charge in [0.05, 0.1) is 34.3 Å². The lowest BCUT2D eigenvalue weighted by Gasteiger charge is -2.24. The van der Waals surface area contributed by atoms with Crippen molar-refractivity contribution in [1.29, 1.82) is 5.41 Å². The molecule has 2 aromatic rings. The first-order chi connectivity index (χ1) is 14.4. The van der Waals surface area contributed by atoms with Crippen molar-refractivity contribution in [3.05, 3.63) is 30.5 Å². The molecule has 0 spiro atoms. The van der Waals surface area contributed by atoms with Crippen molar-refractivity contribution in [2.75, 3.05) is 24.2 Å². The van der Waals surface area contributed by atoms with Gasteiger partial charge in [0.2, 0.25) is 0 Å². The van der Waals surface area contributed by atoms with E-state index in [1.165, 1.54) is 12.4 Å². The molecule has 30 heavy (non-hydrogen) atoms. The number of imidazole rings is 1. The van der Waals surface area contributed by atoms with Gasteiger partial charge in [-0.25, -0.2) is 32.7 Å². The van der Waals surface area contributed by atoms with Gasteiger partial charge >= 0.3 is 0 Å². The van der Waals surface area contributed by atoms with Crippen molar-refractivity contribution < 1.29 is 13.0 Å². The maximum atomic E-state index is 12.4. The summed E-state index contributed by atoms with van der Waals surface area (Å²) in [5, 5.41) is 7.16. The zero-order chi connectivity index (χ0) is 21.3. The first-order valence-corrected chi connectivity index (χ1v) is 11.2. The number of allylic oxidation sites excluding steroid dienone is 1. The number of anilines is 1. The standard InChI is InChI=1S/C19H23F2N7OS/c1-30(29)27-19(5-6-19)12-4-7-28(10-12)17-8-14(24-11-25-17)15-9-23-16(26-15)3-2-13(22)18(20)21/h2-3,8-9,11-12,18,22,27H,4-7,10H2,1H3,(H,23,26)/b3-2-,22-13?. The molecule has 3 heterocycles. The number of aromatic nitrogens is 4. The van der Waals surface area contributed by atoms with Gasteiger partial charge in [-0.15, -0.1) is 0 Å². The lowest BCUT2D eigenvalue weighted by Crippen LogP contribution is -2.40. The Morgan fingerprint density at radius 2 is 2.23 bits per heavy atom. The maximum Gasteiger partial charge on any atom is 0.279 e.